The summed E-state index contributed by atoms with van der Waals surface area (Å²) in [6.45, 7) is 1.02. The molecule has 2 rings (SSSR count). The van der Waals surface area contributed by atoms with Crippen LogP contribution in [0.15, 0.2) is 23.1 Å². The van der Waals surface area contributed by atoms with Crippen LogP contribution in [0.5, 0.6) is 0 Å². The van der Waals surface area contributed by atoms with E-state index in [4.69, 9.17) is 5.11 Å². The van der Waals surface area contributed by atoms with Crippen LogP contribution in [-0.2, 0) is 10.0 Å². The van der Waals surface area contributed by atoms with Crippen molar-refractivity contribution in [3.63, 3.8) is 0 Å². The Morgan fingerprint density at radius 3 is 2.47 bits per heavy atom. The molecular formula is C10H10INO4S. The van der Waals surface area contributed by atoms with Gasteiger partial charge in [0.2, 0.25) is 10.0 Å². The van der Waals surface area contributed by atoms with Crippen LogP contribution in [0.3, 0.4) is 0 Å². The van der Waals surface area contributed by atoms with E-state index in [-0.39, 0.29) is 10.5 Å². The number of carboxylic acid groups (broad SMARTS) is 1. The lowest BCUT2D eigenvalue weighted by Gasteiger charge is -2.29. The van der Waals surface area contributed by atoms with Gasteiger partial charge >= 0.3 is 5.97 Å². The van der Waals surface area contributed by atoms with E-state index in [1.165, 1.54) is 22.5 Å². The van der Waals surface area contributed by atoms with E-state index in [1.807, 2.05) is 22.6 Å². The first-order valence-electron chi connectivity index (χ1n) is 4.96. The Kier molecular flexibility index (Phi) is 3.41. The molecule has 0 spiro atoms. The average Bonchev–Trinajstić information content (AvgIpc) is 2.13. The SMILES string of the molecule is O=C(O)c1cc(S(=O)(=O)N2CCC2)ccc1I. The Bertz CT molecular complexity index is 566. The largest absolute Gasteiger partial charge is 0.478 e. The molecule has 0 amide bonds. The molecule has 1 aliphatic heterocycles. The van der Waals surface area contributed by atoms with Crippen LogP contribution in [0.25, 0.3) is 0 Å². The summed E-state index contributed by atoms with van der Waals surface area (Å²) in [7, 11) is -3.51. The third-order valence-corrected chi connectivity index (χ3v) is 5.46. The van der Waals surface area contributed by atoms with Crippen molar-refractivity contribution >= 4 is 38.6 Å². The zero-order valence-electron chi connectivity index (χ0n) is 8.76. The number of benzene rings is 1. The lowest BCUT2D eigenvalue weighted by molar-refractivity contribution is 0.0695. The van der Waals surface area contributed by atoms with Gasteiger partial charge < -0.3 is 5.11 Å². The number of rotatable bonds is 3. The van der Waals surface area contributed by atoms with Gasteiger partial charge in [-0.2, -0.15) is 4.31 Å². The van der Waals surface area contributed by atoms with Crippen LogP contribution in [0, 0.1) is 3.57 Å². The monoisotopic (exact) mass is 367 g/mol. The topological polar surface area (TPSA) is 74.7 Å². The molecule has 0 aliphatic carbocycles. The van der Waals surface area contributed by atoms with E-state index in [2.05, 4.69) is 0 Å². The van der Waals surface area contributed by atoms with Gasteiger partial charge in [-0.3, -0.25) is 0 Å². The Morgan fingerprint density at radius 2 is 2.00 bits per heavy atom. The molecule has 1 aromatic rings. The number of aromatic carboxylic acids is 1. The molecule has 1 saturated heterocycles. The van der Waals surface area contributed by atoms with Crippen molar-refractivity contribution in [3.8, 4) is 0 Å². The van der Waals surface area contributed by atoms with Gasteiger partial charge in [0.1, 0.15) is 0 Å². The van der Waals surface area contributed by atoms with Gasteiger partial charge in [-0.1, -0.05) is 0 Å². The zero-order valence-corrected chi connectivity index (χ0v) is 11.7. The molecule has 1 aliphatic rings. The molecule has 92 valence electrons. The summed E-state index contributed by atoms with van der Waals surface area (Å²) in [6.07, 6.45) is 0.857. The summed E-state index contributed by atoms with van der Waals surface area (Å²) in [5.41, 5.74) is 0.0206. The molecule has 1 N–H and O–H groups in total. The molecule has 1 aromatic carbocycles. The normalized spacial score (nSPS) is 16.5. The molecule has 17 heavy (non-hydrogen) atoms. The van der Waals surface area contributed by atoms with Gasteiger partial charge in [0.15, 0.2) is 0 Å². The quantitative estimate of drug-likeness (QED) is 0.820. The maximum Gasteiger partial charge on any atom is 0.336 e. The summed E-state index contributed by atoms with van der Waals surface area (Å²) in [5.74, 6) is -1.12. The van der Waals surface area contributed by atoms with E-state index >= 15 is 0 Å². The van der Waals surface area contributed by atoms with Crippen molar-refractivity contribution in [2.24, 2.45) is 0 Å². The van der Waals surface area contributed by atoms with Crippen molar-refractivity contribution in [2.45, 2.75) is 11.3 Å². The minimum atomic E-state index is -3.51. The molecule has 0 aromatic heterocycles. The van der Waals surface area contributed by atoms with Crippen molar-refractivity contribution < 1.29 is 18.3 Å². The molecule has 1 heterocycles. The molecule has 0 radical (unpaired) electrons. The lowest BCUT2D eigenvalue weighted by atomic mass is 10.2. The van der Waals surface area contributed by atoms with E-state index in [0.29, 0.717) is 16.7 Å². The number of sulfonamides is 1. The standard InChI is InChI=1S/C10H10INO4S/c11-9-3-2-7(6-8(9)10(13)14)17(15,16)12-4-1-5-12/h2-3,6H,1,4-5H2,(H,13,14). The van der Waals surface area contributed by atoms with E-state index in [9.17, 15) is 13.2 Å². The van der Waals surface area contributed by atoms with Crippen LogP contribution >= 0.6 is 22.6 Å². The Morgan fingerprint density at radius 1 is 1.35 bits per heavy atom. The summed E-state index contributed by atoms with van der Waals surface area (Å²) >= 11 is 1.87. The fourth-order valence-electron chi connectivity index (χ4n) is 1.51. The van der Waals surface area contributed by atoms with Crippen molar-refractivity contribution in [1.29, 1.82) is 0 Å². The van der Waals surface area contributed by atoms with E-state index in [1.54, 1.807) is 0 Å². The van der Waals surface area contributed by atoms with Gasteiger partial charge in [-0.15, -0.1) is 0 Å². The maximum atomic E-state index is 12.0. The summed E-state index contributed by atoms with van der Waals surface area (Å²) in [6, 6.07) is 4.18. The van der Waals surface area contributed by atoms with Crippen LogP contribution in [0.4, 0.5) is 0 Å². The molecule has 1 fully saturated rings. The second kappa shape index (κ2) is 4.54. The van der Waals surface area contributed by atoms with Gasteiger partial charge in [0.25, 0.3) is 0 Å². The molecule has 0 saturated carbocycles. The molecule has 7 heteroatoms. The van der Waals surface area contributed by atoms with E-state index < -0.39 is 16.0 Å². The number of hydrogen-bond donors (Lipinski definition) is 1. The highest BCUT2D eigenvalue weighted by Crippen LogP contribution is 2.24. The third-order valence-electron chi connectivity index (χ3n) is 2.62. The number of carbonyl (C=O) groups is 1. The number of carboxylic acids is 1. The van der Waals surface area contributed by atoms with Crippen molar-refractivity contribution in [1.82, 2.24) is 4.31 Å². The highest BCUT2D eigenvalue weighted by molar-refractivity contribution is 14.1. The van der Waals surface area contributed by atoms with Crippen molar-refractivity contribution in [3.05, 3.63) is 27.3 Å². The first-order valence-corrected chi connectivity index (χ1v) is 7.48. The van der Waals surface area contributed by atoms with Gasteiger partial charge in [0.05, 0.1) is 10.5 Å². The molecule has 0 bridgehead atoms. The van der Waals surface area contributed by atoms with Gasteiger partial charge in [-0.25, -0.2) is 13.2 Å². The summed E-state index contributed by atoms with van der Waals surface area (Å²) < 4.78 is 25.9. The van der Waals surface area contributed by atoms with Crippen LogP contribution in [-0.4, -0.2) is 36.9 Å². The predicted octanol–water partition coefficient (Wildman–Crippen LogP) is 1.38. The van der Waals surface area contributed by atoms with Gasteiger partial charge in [0, 0.05) is 16.7 Å². The van der Waals surface area contributed by atoms with Crippen LogP contribution in [0.1, 0.15) is 16.8 Å². The number of hydrogen-bond acceptors (Lipinski definition) is 3. The van der Waals surface area contributed by atoms with Crippen LogP contribution in [0.2, 0.25) is 0 Å². The molecule has 5 nitrogen and oxygen atoms in total. The molecule has 0 unspecified atom stereocenters. The highest BCUT2D eigenvalue weighted by Gasteiger charge is 2.30. The number of nitrogens with zero attached hydrogens (tertiary/aromatic N) is 1. The first-order chi connectivity index (χ1) is 7.93. The predicted molar refractivity (Wildman–Crippen MR) is 69.5 cm³/mol. The smallest absolute Gasteiger partial charge is 0.336 e. The fourth-order valence-corrected chi connectivity index (χ4v) is 3.62. The number of halogens is 1. The second-order valence-corrected chi connectivity index (χ2v) is 6.80. The van der Waals surface area contributed by atoms with Crippen molar-refractivity contribution in [2.75, 3.05) is 13.1 Å². The average molecular weight is 367 g/mol. The highest BCUT2D eigenvalue weighted by atomic mass is 127. The minimum absolute atomic E-state index is 0.0206. The fraction of sp³-hybridized carbons (Fsp3) is 0.300. The Labute approximate surface area is 113 Å². The first kappa shape index (κ1) is 12.8. The summed E-state index contributed by atoms with van der Waals surface area (Å²) in [4.78, 5) is 11.0. The minimum Gasteiger partial charge on any atom is -0.478 e. The van der Waals surface area contributed by atoms with Crippen LogP contribution < -0.4 is 0 Å². The molecular weight excluding hydrogens is 357 g/mol. The Hall–Kier alpha value is -0.670. The lowest BCUT2D eigenvalue weighted by Crippen LogP contribution is -2.41. The van der Waals surface area contributed by atoms with E-state index in [0.717, 1.165) is 6.42 Å². The summed E-state index contributed by atoms with van der Waals surface area (Å²) in [5, 5.41) is 8.95. The second-order valence-electron chi connectivity index (χ2n) is 3.70. The van der Waals surface area contributed by atoms with Gasteiger partial charge in [-0.05, 0) is 47.2 Å². The maximum absolute atomic E-state index is 12.0. The third kappa shape index (κ3) is 2.31. The molecule has 0 atom stereocenters. The Balaban J connectivity index is 2.46. The zero-order chi connectivity index (χ0) is 12.6.